The Balaban J connectivity index is 1.58. The smallest absolute Gasteiger partial charge is 0.254 e. The van der Waals surface area contributed by atoms with Gasteiger partial charge in [0.25, 0.3) is 5.91 Å². The van der Waals surface area contributed by atoms with Crippen molar-refractivity contribution >= 4 is 22.6 Å². The van der Waals surface area contributed by atoms with Crippen LogP contribution in [0.25, 0.3) is 11.0 Å². The Morgan fingerprint density at radius 3 is 2.67 bits per heavy atom. The van der Waals surface area contributed by atoms with Crippen LogP contribution in [0.2, 0.25) is 0 Å². The van der Waals surface area contributed by atoms with Gasteiger partial charge in [0.2, 0.25) is 0 Å². The molecule has 0 N–H and O–H groups in total. The summed E-state index contributed by atoms with van der Waals surface area (Å²) in [6.45, 7) is 9.02. The van der Waals surface area contributed by atoms with Crippen LogP contribution in [0.5, 0.6) is 0 Å². The molecule has 3 heterocycles. The summed E-state index contributed by atoms with van der Waals surface area (Å²) in [4.78, 5) is 22.2. The van der Waals surface area contributed by atoms with Gasteiger partial charge in [0.05, 0.1) is 23.2 Å². The zero-order valence-corrected chi connectivity index (χ0v) is 17.8. The molecule has 0 bridgehead atoms. The summed E-state index contributed by atoms with van der Waals surface area (Å²) in [5, 5.41) is 5.33. The second-order valence-electron chi connectivity index (χ2n) is 8.00. The van der Waals surface area contributed by atoms with Gasteiger partial charge in [0.1, 0.15) is 5.82 Å². The first-order valence-electron chi connectivity index (χ1n) is 10.6. The van der Waals surface area contributed by atoms with Crippen LogP contribution in [0, 0.1) is 12.7 Å². The molecule has 1 fully saturated rings. The lowest BCUT2D eigenvalue weighted by Gasteiger charge is -2.24. The van der Waals surface area contributed by atoms with Crippen molar-refractivity contribution in [1.29, 1.82) is 0 Å². The Morgan fingerprint density at radius 2 is 1.93 bits per heavy atom. The number of aromatic nitrogens is 3. The van der Waals surface area contributed by atoms with E-state index in [-0.39, 0.29) is 17.8 Å². The molecule has 30 heavy (non-hydrogen) atoms. The highest BCUT2D eigenvalue weighted by Crippen LogP contribution is 2.24. The Morgan fingerprint density at radius 1 is 1.17 bits per heavy atom. The maximum atomic E-state index is 13.4. The van der Waals surface area contributed by atoms with Crippen LogP contribution in [0.3, 0.4) is 0 Å². The van der Waals surface area contributed by atoms with Crippen molar-refractivity contribution in [1.82, 2.24) is 19.7 Å². The third-order valence-corrected chi connectivity index (χ3v) is 5.91. The molecule has 1 aliphatic heterocycles. The number of halogens is 1. The highest BCUT2D eigenvalue weighted by Gasteiger charge is 2.24. The highest BCUT2D eigenvalue weighted by molar-refractivity contribution is 6.05. The summed E-state index contributed by atoms with van der Waals surface area (Å²) in [6.07, 6.45) is 3.58. The van der Waals surface area contributed by atoms with Crippen molar-refractivity contribution in [3.8, 4) is 0 Å². The molecular formula is C23H28FN5O. The Labute approximate surface area is 176 Å². The predicted molar refractivity (Wildman–Crippen MR) is 116 cm³/mol. The summed E-state index contributed by atoms with van der Waals surface area (Å²) in [6, 6.07) is 8.65. The van der Waals surface area contributed by atoms with Gasteiger partial charge in [-0.1, -0.05) is 6.92 Å². The molecule has 7 heteroatoms. The second kappa shape index (κ2) is 8.42. The third-order valence-electron chi connectivity index (χ3n) is 5.91. The van der Waals surface area contributed by atoms with Crippen LogP contribution in [0.1, 0.15) is 48.8 Å². The Kier molecular flexibility index (Phi) is 5.70. The lowest BCUT2D eigenvalue weighted by atomic mass is 10.1. The van der Waals surface area contributed by atoms with Gasteiger partial charge in [0.15, 0.2) is 5.65 Å². The summed E-state index contributed by atoms with van der Waals surface area (Å²) >= 11 is 0. The van der Waals surface area contributed by atoms with Crippen molar-refractivity contribution in [3.63, 3.8) is 0 Å². The van der Waals surface area contributed by atoms with E-state index in [4.69, 9.17) is 0 Å². The van der Waals surface area contributed by atoms with Crippen molar-refractivity contribution in [2.45, 2.75) is 39.7 Å². The van der Waals surface area contributed by atoms with Gasteiger partial charge in [-0.2, -0.15) is 5.10 Å². The van der Waals surface area contributed by atoms with E-state index in [0.29, 0.717) is 18.7 Å². The number of pyridine rings is 1. The lowest BCUT2D eigenvalue weighted by molar-refractivity contribution is 0.0769. The van der Waals surface area contributed by atoms with E-state index in [1.165, 1.54) is 12.1 Å². The quantitative estimate of drug-likeness (QED) is 0.648. The first-order valence-corrected chi connectivity index (χ1v) is 10.6. The van der Waals surface area contributed by atoms with E-state index in [1.807, 2.05) is 22.6 Å². The minimum absolute atomic E-state index is 0.0233. The number of hydrogen-bond donors (Lipinski definition) is 0. The largest absolute Gasteiger partial charge is 0.370 e. The zero-order valence-electron chi connectivity index (χ0n) is 17.8. The number of aryl methyl sites for hydroxylation is 1. The van der Waals surface area contributed by atoms with E-state index < -0.39 is 0 Å². The predicted octanol–water partition coefficient (Wildman–Crippen LogP) is 4.20. The molecule has 1 unspecified atom stereocenters. The van der Waals surface area contributed by atoms with Crippen LogP contribution in [0.4, 0.5) is 10.1 Å². The number of rotatable bonds is 4. The number of benzene rings is 1. The molecule has 2 aromatic heterocycles. The molecule has 0 radical (unpaired) electrons. The number of fused-ring (bicyclic) bond motifs is 1. The monoisotopic (exact) mass is 409 g/mol. The van der Waals surface area contributed by atoms with Crippen molar-refractivity contribution < 1.29 is 9.18 Å². The topological polar surface area (TPSA) is 54.3 Å². The van der Waals surface area contributed by atoms with Crippen LogP contribution in [0.15, 0.2) is 36.5 Å². The summed E-state index contributed by atoms with van der Waals surface area (Å²) in [7, 11) is 0. The van der Waals surface area contributed by atoms with Gasteiger partial charge in [0, 0.05) is 37.6 Å². The number of anilines is 1. The molecule has 0 saturated carbocycles. The van der Waals surface area contributed by atoms with Crippen molar-refractivity contribution in [2.75, 3.05) is 31.1 Å². The molecule has 3 aromatic rings. The molecule has 1 atom stereocenters. The standard InChI is InChI=1S/C23H28FN5O/c1-4-17(3)29-22-21(15-25-29)20(14-16(2)26-22)23(30)28-11-5-10-27(12-13-28)19-8-6-18(24)7-9-19/h6-9,14-15,17H,4-5,10-13H2,1-3H3. The van der Waals surface area contributed by atoms with Crippen LogP contribution >= 0.6 is 0 Å². The van der Waals surface area contributed by atoms with Crippen LogP contribution in [-0.2, 0) is 0 Å². The van der Waals surface area contributed by atoms with Crippen LogP contribution < -0.4 is 4.90 Å². The maximum absolute atomic E-state index is 13.4. The Hall–Kier alpha value is -2.96. The van der Waals surface area contributed by atoms with Gasteiger partial charge in [-0.15, -0.1) is 0 Å². The summed E-state index contributed by atoms with van der Waals surface area (Å²) in [5.41, 5.74) is 3.25. The number of nitrogens with zero attached hydrogens (tertiary/aromatic N) is 5. The summed E-state index contributed by atoms with van der Waals surface area (Å²) < 4.78 is 15.2. The minimum atomic E-state index is -0.236. The number of amides is 1. The van der Waals surface area contributed by atoms with Gasteiger partial charge >= 0.3 is 0 Å². The first-order chi connectivity index (χ1) is 14.5. The van der Waals surface area contributed by atoms with E-state index in [9.17, 15) is 9.18 Å². The molecule has 0 spiro atoms. The average molecular weight is 410 g/mol. The lowest BCUT2D eigenvalue weighted by Crippen LogP contribution is -2.35. The van der Waals surface area contributed by atoms with Crippen LogP contribution in [-0.4, -0.2) is 51.8 Å². The minimum Gasteiger partial charge on any atom is -0.370 e. The molecule has 0 aliphatic carbocycles. The zero-order chi connectivity index (χ0) is 21.3. The maximum Gasteiger partial charge on any atom is 0.254 e. The molecule has 6 nitrogen and oxygen atoms in total. The number of hydrogen-bond acceptors (Lipinski definition) is 4. The second-order valence-corrected chi connectivity index (χ2v) is 8.00. The summed E-state index contributed by atoms with van der Waals surface area (Å²) in [5.74, 6) is -0.212. The van der Waals surface area contributed by atoms with E-state index in [1.54, 1.807) is 18.3 Å². The van der Waals surface area contributed by atoms with Gasteiger partial charge in [-0.05, 0) is 57.0 Å². The van der Waals surface area contributed by atoms with Crippen molar-refractivity contribution in [3.05, 3.63) is 53.6 Å². The van der Waals surface area contributed by atoms with Gasteiger partial charge in [-0.25, -0.2) is 14.1 Å². The highest BCUT2D eigenvalue weighted by atomic mass is 19.1. The average Bonchev–Trinajstić information content (AvgIpc) is 3.01. The fraction of sp³-hybridized carbons (Fsp3) is 0.435. The normalized spacial score (nSPS) is 16.0. The molecule has 1 aliphatic rings. The van der Waals surface area contributed by atoms with E-state index in [2.05, 4.69) is 28.8 Å². The number of carbonyl (C=O) groups is 1. The third kappa shape index (κ3) is 3.88. The van der Waals surface area contributed by atoms with E-state index >= 15 is 0 Å². The SMILES string of the molecule is CCC(C)n1ncc2c(C(=O)N3CCCN(c4ccc(F)cc4)CC3)cc(C)nc21. The molecular weight excluding hydrogens is 381 g/mol. The molecule has 1 amide bonds. The van der Waals surface area contributed by atoms with Gasteiger partial charge in [-0.3, -0.25) is 4.79 Å². The fourth-order valence-corrected chi connectivity index (χ4v) is 4.02. The first kappa shape index (κ1) is 20.3. The molecule has 158 valence electrons. The number of carbonyl (C=O) groups excluding carboxylic acids is 1. The molecule has 4 rings (SSSR count). The van der Waals surface area contributed by atoms with Crippen molar-refractivity contribution in [2.24, 2.45) is 0 Å². The Bertz CT molecular complexity index is 1050. The van der Waals surface area contributed by atoms with Gasteiger partial charge < -0.3 is 9.80 Å². The molecule has 1 saturated heterocycles. The van der Waals surface area contributed by atoms with E-state index in [0.717, 1.165) is 48.3 Å². The fourth-order valence-electron chi connectivity index (χ4n) is 4.02. The molecule has 1 aromatic carbocycles.